The molecule has 0 heterocycles. The number of aliphatic carboxylic acids is 1. The number of hydrogen-bond donors (Lipinski definition) is 3. The molecule has 2 amide bonds. The number of aryl methyl sites for hydroxylation is 1. The van der Waals surface area contributed by atoms with Crippen LogP contribution in [-0.2, 0) is 27.2 Å². The van der Waals surface area contributed by atoms with Crippen LogP contribution < -0.4 is 10.6 Å². The van der Waals surface area contributed by atoms with Crippen LogP contribution >= 0.6 is 0 Å². The summed E-state index contributed by atoms with van der Waals surface area (Å²) in [6.07, 6.45) is 0.00408. The van der Waals surface area contributed by atoms with Crippen molar-refractivity contribution < 1.29 is 23.9 Å². The van der Waals surface area contributed by atoms with E-state index in [0.717, 1.165) is 11.1 Å². The highest BCUT2D eigenvalue weighted by atomic mass is 19.1. The van der Waals surface area contributed by atoms with Gasteiger partial charge in [0.15, 0.2) is 0 Å². The molecule has 0 spiro atoms. The minimum absolute atomic E-state index is 0.0884. The third-order valence-electron chi connectivity index (χ3n) is 4.21. The molecule has 0 aliphatic rings. The molecule has 7 heteroatoms. The molecule has 0 radical (unpaired) electrons. The highest BCUT2D eigenvalue weighted by Crippen LogP contribution is 2.11. The molecule has 2 aromatic rings. The van der Waals surface area contributed by atoms with Gasteiger partial charge in [0, 0.05) is 19.8 Å². The van der Waals surface area contributed by atoms with Crippen molar-refractivity contribution in [3.05, 3.63) is 71.0 Å². The molecule has 3 N–H and O–H groups in total. The van der Waals surface area contributed by atoms with Crippen molar-refractivity contribution in [1.29, 1.82) is 0 Å². The lowest BCUT2D eigenvalue weighted by molar-refractivity contribution is -0.142. The lowest BCUT2D eigenvalue weighted by Crippen LogP contribution is -2.52. The summed E-state index contributed by atoms with van der Waals surface area (Å²) >= 11 is 0. The number of carbonyl (C=O) groups excluding carboxylic acids is 2. The van der Waals surface area contributed by atoms with E-state index in [4.69, 9.17) is 0 Å². The van der Waals surface area contributed by atoms with E-state index < -0.39 is 35.7 Å². The maximum Gasteiger partial charge on any atom is 0.326 e. The van der Waals surface area contributed by atoms with Gasteiger partial charge in [0.2, 0.25) is 11.8 Å². The predicted octanol–water partition coefficient (Wildman–Crippen LogP) is 1.99. The van der Waals surface area contributed by atoms with Crippen LogP contribution in [0.1, 0.15) is 23.6 Å². The predicted molar refractivity (Wildman–Crippen MR) is 102 cm³/mol. The van der Waals surface area contributed by atoms with Gasteiger partial charge in [-0.1, -0.05) is 48.0 Å². The Labute approximate surface area is 162 Å². The number of amides is 2. The van der Waals surface area contributed by atoms with E-state index in [2.05, 4.69) is 10.6 Å². The lowest BCUT2D eigenvalue weighted by Gasteiger charge is -2.21. The number of rotatable bonds is 8. The van der Waals surface area contributed by atoms with Crippen LogP contribution in [0.4, 0.5) is 4.39 Å². The zero-order valence-electron chi connectivity index (χ0n) is 15.7. The third-order valence-corrected chi connectivity index (χ3v) is 4.21. The van der Waals surface area contributed by atoms with Crippen molar-refractivity contribution in [1.82, 2.24) is 10.6 Å². The minimum atomic E-state index is -1.19. The van der Waals surface area contributed by atoms with E-state index >= 15 is 0 Å². The second-order valence-electron chi connectivity index (χ2n) is 6.64. The van der Waals surface area contributed by atoms with Crippen molar-refractivity contribution in [3.8, 4) is 0 Å². The van der Waals surface area contributed by atoms with Gasteiger partial charge in [0.05, 0.1) is 0 Å². The first-order valence-electron chi connectivity index (χ1n) is 8.85. The molecule has 2 aromatic carbocycles. The molecule has 0 fully saturated rings. The molecule has 0 aliphatic carbocycles. The van der Waals surface area contributed by atoms with Crippen molar-refractivity contribution in [3.63, 3.8) is 0 Å². The summed E-state index contributed by atoms with van der Waals surface area (Å²) in [6, 6.07) is 11.0. The topological polar surface area (TPSA) is 95.5 Å². The van der Waals surface area contributed by atoms with E-state index in [1.807, 2.05) is 25.1 Å². The number of carboxylic acids is 1. The van der Waals surface area contributed by atoms with Crippen LogP contribution in [0.15, 0.2) is 48.5 Å². The molecule has 0 saturated heterocycles. The summed E-state index contributed by atoms with van der Waals surface area (Å²) in [6.45, 7) is 3.13. The first-order valence-corrected chi connectivity index (χ1v) is 8.85. The van der Waals surface area contributed by atoms with E-state index in [-0.39, 0.29) is 18.4 Å². The van der Waals surface area contributed by atoms with Gasteiger partial charge in [-0.3, -0.25) is 9.59 Å². The fourth-order valence-electron chi connectivity index (χ4n) is 2.89. The molecule has 0 aromatic heterocycles. The van der Waals surface area contributed by atoms with Crippen molar-refractivity contribution in [2.45, 2.75) is 38.8 Å². The van der Waals surface area contributed by atoms with Crippen LogP contribution in [0.2, 0.25) is 0 Å². The fourth-order valence-corrected chi connectivity index (χ4v) is 2.89. The molecule has 2 rings (SSSR count). The highest BCUT2D eigenvalue weighted by Gasteiger charge is 2.27. The van der Waals surface area contributed by atoms with Gasteiger partial charge in [-0.05, 0) is 24.1 Å². The van der Waals surface area contributed by atoms with Gasteiger partial charge < -0.3 is 15.7 Å². The van der Waals surface area contributed by atoms with Crippen molar-refractivity contribution in [2.75, 3.05) is 0 Å². The molecule has 0 unspecified atom stereocenters. The molecule has 0 bridgehead atoms. The third kappa shape index (κ3) is 6.19. The van der Waals surface area contributed by atoms with E-state index in [1.54, 1.807) is 12.1 Å². The smallest absolute Gasteiger partial charge is 0.326 e. The Morgan fingerprint density at radius 2 is 1.71 bits per heavy atom. The molecule has 6 nitrogen and oxygen atoms in total. The zero-order chi connectivity index (χ0) is 20.7. The second-order valence-corrected chi connectivity index (χ2v) is 6.64. The Morgan fingerprint density at radius 3 is 2.32 bits per heavy atom. The average molecular weight is 386 g/mol. The minimum Gasteiger partial charge on any atom is -0.480 e. The maximum atomic E-state index is 13.9. The van der Waals surface area contributed by atoms with Gasteiger partial charge in [-0.2, -0.15) is 0 Å². The van der Waals surface area contributed by atoms with Crippen LogP contribution in [-0.4, -0.2) is 35.0 Å². The highest BCUT2D eigenvalue weighted by molar-refractivity contribution is 5.90. The van der Waals surface area contributed by atoms with E-state index in [0.29, 0.717) is 0 Å². The summed E-state index contributed by atoms with van der Waals surface area (Å²) < 4.78 is 13.9. The molecule has 0 saturated carbocycles. The number of carboxylic acid groups (broad SMARTS) is 1. The normalized spacial score (nSPS) is 12.7. The van der Waals surface area contributed by atoms with E-state index in [9.17, 15) is 23.9 Å². The summed E-state index contributed by atoms with van der Waals surface area (Å²) in [5.41, 5.74) is 1.99. The van der Waals surface area contributed by atoms with Crippen molar-refractivity contribution in [2.24, 2.45) is 0 Å². The van der Waals surface area contributed by atoms with Crippen LogP contribution in [0.25, 0.3) is 0 Å². The van der Waals surface area contributed by atoms with Gasteiger partial charge in [-0.15, -0.1) is 0 Å². The summed E-state index contributed by atoms with van der Waals surface area (Å²) in [5.74, 6) is -2.84. The molecular weight excluding hydrogens is 363 g/mol. The van der Waals surface area contributed by atoms with Gasteiger partial charge in [-0.25, -0.2) is 9.18 Å². The van der Waals surface area contributed by atoms with Gasteiger partial charge >= 0.3 is 5.97 Å². The molecule has 148 valence electrons. The Morgan fingerprint density at radius 1 is 1.00 bits per heavy atom. The first kappa shape index (κ1) is 21.1. The van der Waals surface area contributed by atoms with E-state index in [1.165, 1.54) is 25.1 Å². The molecule has 0 aliphatic heterocycles. The number of halogens is 1. The fraction of sp³-hybridized carbons (Fsp3) is 0.286. The SMILES string of the molecule is CC(=O)N[C@H](Cc1ccccc1F)C(=O)N[C@H](Cc1cccc(C)c1)C(=O)O. The molecule has 2 atom stereocenters. The first-order chi connectivity index (χ1) is 13.3. The monoisotopic (exact) mass is 386 g/mol. The Balaban J connectivity index is 2.15. The number of carbonyl (C=O) groups is 3. The number of nitrogens with one attached hydrogen (secondary N) is 2. The van der Waals surface area contributed by atoms with Gasteiger partial charge in [0.25, 0.3) is 0 Å². The summed E-state index contributed by atoms with van der Waals surface area (Å²) in [5, 5.41) is 14.4. The number of benzene rings is 2. The quantitative estimate of drug-likeness (QED) is 0.647. The summed E-state index contributed by atoms with van der Waals surface area (Å²) in [4.78, 5) is 35.8. The Kier molecular flexibility index (Phi) is 7.26. The molecule has 28 heavy (non-hydrogen) atoms. The summed E-state index contributed by atoms with van der Waals surface area (Å²) in [7, 11) is 0. The Bertz CT molecular complexity index is 869. The van der Waals surface area contributed by atoms with Gasteiger partial charge in [0.1, 0.15) is 17.9 Å². The maximum absolute atomic E-state index is 13.9. The standard InChI is InChI=1S/C21H23FN2O4/c1-13-6-5-7-15(10-13)11-19(21(27)28)24-20(26)18(23-14(2)25)12-16-8-3-4-9-17(16)22/h3-10,18-19H,11-12H2,1-2H3,(H,23,25)(H,24,26)(H,27,28)/t18-,19-/m1/s1. The molecular formula is C21H23FN2O4. The zero-order valence-corrected chi connectivity index (χ0v) is 15.7. The van der Waals surface area contributed by atoms with Crippen LogP contribution in [0.5, 0.6) is 0 Å². The Hall–Kier alpha value is -3.22. The lowest BCUT2D eigenvalue weighted by atomic mass is 10.0. The van der Waals surface area contributed by atoms with Crippen molar-refractivity contribution >= 4 is 17.8 Å². The second kappa shape index (κ2) is 9.64. The van der Waals surface area contributed by atoms with Crippen LogP contribution in [0, 0.1) is 12.7 Å². The average Bonchev–Trinajstić information content (AvgIpc) is 2.62. The van der Waals surface area contributed by atoms with Crippen LogP contribution in [0.3, 0.4) is 0 Å². The number of hydrogen-bond acceptors (Lipinski definition) is 3. The largest absolute Gasteiger partial charge is 0.480 e.